The van der Waals surface area contributed by atoms with Crippen molar-refractivity contribution in [3.63, 3.8) is 0 Å². The minimum atomic E-state index is -4.13. The second-order valence-corrected chi connectivity index (χ2v) is 9.08. The number of benzene rings is 1. The average Bonchev–Trinajstić information content (AvgIpc) is 2.84. The number of nitrogens with two attached hydrogens (primary N) is 1. The highest BCUT2D eigenvalue weighted by molar-refractivity contribution is 7.89. The maximum absolute atomic E-state index is 12.8. The third kappa shape index (κ3) is 6.79. The molecule has 35 heavy (non-hydrogen) atoms. The molecule has 12 nitrogen and oxygen atoms in total. The second-order valence-electron chi connectivity index (χ2n) is 7.36. The molecule has 0 aliphatic carbocycles. The minimum Gasteiger partial charge on any atom is -0.492 e. The van der Waals surface area contributed by atoms with E-state index in [0.29, 0.717) is 30.8 Å². The Hall–Kier alpha value is -3.94. The molecule has 2 heterocycles. The van der Waals surface area contributed by atoms with Gasteiger partial charge in [-0.05, 0) is 49.4 Å². The van der Waals surface area contributed by atoms with E-state index >= 15 is 0 Å². The van der Waals surface area contributed by atoms with Gasteiger partial charge in [-0.2, -0.15) is 4.72 Å². The molecule has 0 fully saturated rings. The van der Waals surface area contributed by atoms with E-state index in [9.17, 15) is 27.9 Å². The number of carbonyl (C=O) groups is 2. The number of sulfonamides is 1. The number of anilines is 1. The van der Waals surface area contributed by atoms with Crippen molar-refractivity contribution in [3.05, 3.63) is 71.1 Å². The van der Waals surface area contributed by atoms with Crippen molar-refractivity contribution in [2.75, 3.05) is 25.0 Å². The van der Waals surface area contributed by atoms with Crippen LogP contribution in [-0.2, 0) is 14.8 Å². The lowest BCUT2D eigenvalue weighted by atomic mass is 10.3. The molecular formula is C22H25N5O7S. The summed E-state index contributed by atoms with van der Waals surface area (Å²) < 4.78 is 33.7. The third-order valence-electron chi connectivity index (χ3n) is 4.80. The third-order valence-corrected chi connectivity index (χ3v) is 6.29. The molecule has 13 heteroatoms. The van der Waals surface area contributed by atoms with Gasteiger partial charge in [0, 0.05) is 12.1 Å². The summed E-state index contributed by atoms with van der Waals surface area (Å²) >= 11 is 0. The average molecular weight is 504 g/mol. The van der Waals surface area contributed by atoms with Gasteiger partial charge in [0.2, 0.25) is 10.0 Å². The van der Waals surface area contributed by atoms with Crippen LogP contribution in [0.2, 0.25) is 0 Å². The number of urea groups is 1. The number of ether oxygens (including phenoxy) is 1. The van der Waals surface area contributed by atoms with Crippen molar-refractivity contribution in [2.24, 2.45) is 5.73 Å². The van der Waals surface area contributed by atoms with E-state index in [-0.39, 0.29) is 10.6 Å². The van der Waals surface area contributed by atoms with E-state index in [1.54, 1.807) is 24.3 Å². The highest BCUT2D eigenvalue weighted by atomic mass is 32.2. The summed E-state index contributed by atoms with van der Waals surface area (Å²) in [5, 5.41) is 14.0. The van der Waals surface area contributed by atoms with Gasteiger partial charge in [-0.25, -0.2) is 13.2 Å². The molecule has 1 unspecified atom stereocenters. The molecule has 0 saturated carbocycles. The minimum absolute atomic E-state index is 0.0733. The number of nitrogens with zero attached hydrogens (tertiary/aromatic N) is 1. The number of carbonyl (C=O) groups excluding carboxylic acids is 1. The number of hydrogen-bond acceptors (Lipinski definition) is 7. The van der Waals surface area contributed by atoms with Crippen LogP contribution >= 0.6 is 0 Å². The van der Waals surface area contributed by atoms with Gasteiger partial charge >= 0.3 is 12.0 Å². The van der Waals surface area contributed by atoms with Crippen LogP contribution < -0.4 is 31.4 Å². The Morgan fingerprint density at radius 3 is 2.49 bits per heavy atom. The first-order valence-electron chi connectivity index (χ1n) is 10.5. The molecule has 0 aliphatic heterocycles. The first-order chi connectivity index (χ1) is 16.7. The van der Waals surface area contributed by atoms with Gasteiger partial charge in [-0.3, -0.25) is 14.0 Å². The molecule has 0 spiro atoms. The zero-order valence-corrected chi connectivity index (χ0v) is 19.3. The van der Waals surface area contributed by atoms with E-state index in [4.69, 9.17) is 10.5 Å². The Labute approximate surface area is 200 Å². The summed E-state index contributed by atoms with van der Waals surface area (Å²) in [5.74, 6) is -1.04. The number of amides is 2. The highest BCUT2D eigenvalue weighted by Gasteiger charge is 2.26. The topological polar surface area (TPSA) is 181 Å². The molecule has 186 valence electrons. The summed E-state index contributed by atoms with van der Waals surface area (Å²) in [6, 6.07) is 11.1. The summed E-state index contributed by atoms with van der Waals surface area (Å²) in [4.78, 5) is 36.5. The molecule has 1 atom stereocenters. The molecule has 2 aromatic heterocycles. The standard InChI is InChI=1S/C22H25N5O7S/c23-11-4-12-34-16-9-7-15-8-10-18(20(28)27(15)14-16)25-22(31)24-13-19(21(29)30)26-35(32,33)17-5-2-1-3-6-17/h1-3,5-10,14,19,26H,4,11-13,23H2,(H,29,30)(H2,24,25,31). The lowest BCUT2D eigenvalue weighted by molar-refractivity contribution is -0.138. The van der Waals surface area contributed by atoms with E-state index in [0.717, 1.165) is 0 Å². The maximum Gasteiger partial charge on any atom is 0.323 e. The van der Waals surface area contributed by atoms with Crippen LogP contribution in [0.4, 0.5) is 10.5 Å². The van der Waals surface area contributed by atoms with Crippen LogP contribution in [0.15, 0.2) is 70.5 Å². The summed E-state index contributed by atoms with van der Waals surface area (Å²) in [6.45, 7) is 0.282. The van der Waals surface area contributed by atoms with Crippen molar-refractivity contribution in [3.8, 4) is 5.75 Å². The molecule has 3 rings (SSSR count). The van der Waals surface area contributed by atoms with Gasteiger partial charge in [0.25, 0.3) is 5.56 Å². The van der Waals surface area contributed by atoms with E-state index in [1.807, 2.05) is 4.72 Å². The Morgan fingerprint density at radius 1 is 1.09 bits per heavy atom. The van der Waals surface area contributed by atoms with Gasteiger partial charge in [-0.1, -0.05) is 18.2 Å². The van der Waals surface area contributed by atoms with Crippen molar-refractivity contribution < 1.29 is 27.9 Å². The fourth-order valence-corrected chi connectivity index (χ4v) is 4.23. The van der Waals surface area contributed by atoms with Gasteiger partial charge < -0.3 is 26.2 Å². The molecule has 6 N–H and O–H groups in total. The summed E-state index contributed by atoms with van der Waals surface area (Å²) in [5.41, 5.74) is 5.39. The smallest absolute Gasteiger partial charge is 0.323 e. The van der Waals surface area contributed by atoms with Gasteiger partial charge in [0.1, 0.15) is 17.5 Å². The number of nitrogens with one attached hydrogen (secondary N) is 3. The zero-order valence-electron chi connectivity index (χ0n) is 18.5. The Bertz CT molecular complexity index is 1360. The number of aromatic nitrogens is 1. The van der Waals surface area contributed by atoms with Crippen LogP contribution in [0.5, 0.6) is 5.75 Å². The fraction of sp³-hybridized carbons (Fsp3) is 0.227. The van der Waals surface area contributed by atoms with Crippen LogP contribution in [-0.4, -0.2) is 55.7 Å². The SMILES string of the molecule is NCCCOc1ccc2ccc(NC(=O)NCC(NS(=O)(=O)c3ccccc3)C(=O)O)c(=O)n2c1. The van der Waals surface area contributed by atoms with Crippen LogP contribution in [0.1, 0.15) is 6.42 Å². The molecule has 2 amide bonds. The Kier molecular flexibility index (Phi) is 8.41. The quantitative estimate of drug-likeness (QED) is 0.236. The number of rotatable bonds is 11. The monoisotopic (exact) mass is 503 g/mol. The van der Waals surface area contributed by atoms with E-state index in [2.05, 4.69) is 10.6 Å². The van der Waals surface area contributed by atoms with Gasteiger partial charge in [0.05, 0.1) is 17.7 Å². The first kappa shape index (κ1) is 25.7. The van der Waals surface area contributed by atoms with Gasteiger partial charge in [0.15, 0.2) is 0 Å². The van der Waals surface area contributed by atoms with Crippen molar-refractivity contribution >= 4 is 33.2 Å². The van der Waals surface area contributed by atoms with Crippen molar-refractivity contribution in [1.82, 2.24) is 14.4 Å². The summed E-state index contributed by atoms with van der Waals surface area (Å²) in [7, 11) is -4.13. The fourth-order valence-electron chi connectivity index (χ4n) is 3.02. The number of hydrogen-bond donors (Lipinski definition) is 5. The first-order valence-corrected chi connectivity index (χ1v) is 12.0. The molecule has 3 aromatic rings. The zero-order chi connectivity index (χ0) is 25.4. The van der Waals surface area contributed by atoms with Gasteiger partial charge in [-0.15, -0.1) is 0 Å². The number of carboxylic acid groups (broad SMARTS) is 1. The van der Waals surface area contributed by atoms with Crippen LogP contribution in [0.25, 0.3) is 5.52 Å². The van der Waals surface area contributed by atoms with E-state index < -0.39 is 40.2 Å². The Balaban J connectivity index is 1.67. The molecule has 0 bridgehead atoms. The number of pyridine rings is 2. The predicted octanol–water partition coefficient (Wildman–Crippen LogP) is 0.580. The highest BCUT2D eigenvalue weighted by Crippen LogP contribution is 2.14. The predicted molar refractivity (Wildman–Crippen MR) is 128 cm³/mol. The molecule has 0 saturated heterocycles. The summed E-state index contributed by atoms with van der Waals surface area (Å²) in [6.07, 6.45) is 2.13. The van der Waals surface area contributed by atoms with E-state index in [1.165, 1.54) is 40.9 Å². The van der Waals surface area contributed by atoms with Crippen molar-refractivity contribution in [1.29, 1.82) is 0 Å². The Morgan fingerprint density at radius 2 is 1.80 bits per heavy atom. The van der Waals surface area contributed by atoms with Crippen molar-refractivity contribution in [2.45, 2.75) is 17.4 Å². The second kappa shape index (κ2) is 11.5. The van der Waals surface area contributed by atoms with Crippen LogP contribution in [0, 0.1) is 0 Å². The normalized spacial score (nSPS) is 12.1. The maximum atomic E-state index is 12.8. The lowest BCUT2D eigenvalue weighted by Gasteiger charge is -2.16. The number of aliphatic carboxylic acids is 1. The lowest BCUT2D eigenvalue weighted by Crippen LogP contribution is -2.49. The molecule has 1 aromatic carbocycles. The van der Waals surface area contributed by atoms with Crippen LogP contribution in [0.3, 0.4) is 0 Å². The number of carboxylic acids is 1. The molecule has 0 aliphatic rings. The molecule has 0 radical (unpaired) electrons. The molecular weight excluding hydrogens is 478 g/mol. The largest absolute Gasteiger partial charge is 0.492 e. The number of fused-ring (bicyclic) bond motifs is 1.